The van der Waals surface area contributed by atoms with Crippen molar-refractivity contribution in [3.8, 4) is 0 Å². The first-order chi connectivity index (χ1) is 26.5. The number of benzene rings is 3. The van der Waals surface area contributed by atoms with Crippen molar-refractivity contribution in [1.29, 1.82) is 0 Å². The number of hydrogen-bond acceptors (Lipinski definition) is 10. The van der Waals surface area contributed by atoms with Crippen molar-refractivity contribution in [3.63, 3.8) is 0 Å². The van der Waals surface area contributed by atoms with Gasteiger partial charge in [-0.05, 0) is 54.2 Å². The monoisotopic (exact) mass is 765 g/mol. The van der Waals surface area contributed by atoms with Crippen molar-refractivity contribution >= 4 is 23.6 Å². The van der Waals surface area contributed by atoms with Gasteiger partial charge in [-0.15, -0.1) is 0 Å². The van der Waals surface area contributed by atoms with E-state index in [9.17, 15) is 29.7 Å². The second-order valence-corrected chi connectivity index (χ2v) is 17.0. The Bertz CT molecular complexity index is 2030. The average molecular weight is 766 g/mol. The molecule has 3 fully saturated rings. The molecule has 0 radical (unpaired) electrons. The first-order valence-corrected chi connectivity index (χ1v) is 19.3. The summed E-state index contributed by atoms with van der Waals surface area (Å²) < 4.78 is 18.2. The molecule has 3 aromatic rings. The molecule has 11 atom stereocenters. The predicted octanol–water partition coefficient (Wildman–Crippen LogP) is 5.00. The number of rotatable bonds is 8. The van der Waals surface area contributed by atoms with E-state index in [1.165, 1.54) is 6.92 Å². The van der Waals surface area contributed by atoms with E-state index < -0.39 is 93.9 Å². The van der Waals surface area contributed by atoms with E-state index in [4.69, 9.17) is 14.2 Å². The number of nitrogens with one attached hydrogen (secondary N) is 1. The lowest BCUT2D eigenvalue weighted by Crippen LogP contribution is -2.75. The Morgan fingerprint density at radius 3 is 2.05 bits per heavy atom. The topological polar surface area (TPSA) is 169 Å². The quantitative estimate of drug-likeness (QED) is 0.181. The minimum Gasteiger partial charge on any atom is -0.456 e. The van der Waals surface area contributed by atoms with E-state index in [-0.39, 0.29) is 25.0 Å². The van der Waals surface area contributed by atoms with Crippen molar-refractivity contribution in [2.75, 3.05) is 6.61 Å². The molecule has 4 N–H and O–H groups in total. The first-order valence-electron chi connectivity index (χ1n) is 19.3. The molecule has 11 nitrogen and oxygen atoms in total. The highest BCUT2D eigenvalue weighted by molar-refractivity contribution is 5.96. The van der Waals surface area contributed by atoms with Gasteiger partial charge in [0.25, 0.3) is 5.91 Å². The summed E-state index contributed by atoms with van der Waals surface area (Å²) in [6.45, 7) is 10.5. The largest absolute Gasteiger partial charge is 0.456 e. The molecular weight excluding hydrogens is 714 g/mol. The van der Waals surface area contributed by atoms with E-state index in [0.717, 1.165) is 5.56 Å². The third-order valence-electron chi connectivity index (χ3n) is 13.6. The van der Waals surface area contributed by atoms with Crippen LogP contribution in [-0.4, -0.2) is 81.7 Å². The third-order valence-corrected chi connectivity index (χ3v) is 13.6. The number of ether oxygens (including phenoxy) is 3. The zero-order valence-electron chi connectivity index (χ0n) is 32.6. The predicted molar refractivity (Wildman–Crippen MR) is 205 cm³/mol. The van der Waals surface area contributed by atoms with Crippen LogP contribution in [0.3, 0.4) is 0 Å². The maximum Gasteiger partial charge on any atom is 0.338 e. The molecule has 2 bridgehead atoms. The second-order valence-electron chi connectivity index (χ2n) is 17.0. The SMILES string of the molecule is CC(=O)O[C@H]1C(=O)[C@@]2(C)C(C(c3ccccc3)[C@]3(O)C[C@H](OC(=O)[C@H](O)[C@@H](NC(=O)c4ccccc4)c4ccccc4)C(C)=C1C3(C)C)[C@]1(C)CO[C@@H]1C[C@@H]2O. The number of esters is 2. The Morgan fingerprint density at radius 1 is 0.893 bits per heavy atom. The molecule has 1 heterocycles. The van der Waals surface area contributed by atoms with Crippen LogP contribution in [0.5, 0.6) is 0 Å². The highest BCUT2D eigenvalue weighted by Crippen LogP contribution is 2.69. The van der Waals surface area contributed by atoms with Gasteiger partial charge in [-0.2, -0.15) is 0 Å². The number of carbonyl (C=O) groups excluding carboxylic acids is 4. The highest BCUT2D eigenvalue weighted by atomic mass is 16.6. The van der Waals surface area contributed by atoms with Gasteiger partial charge in [-0.25, -0.2) is 4.79 Å². The Labute approximate surface area is 327 Å². The molecule has 7 rings (SSSR count). The van der Waals surface area contributed by atoms with Crippen molar-refractivity contribution in [2.45, 2.75) is 102 Å². The smallest absolute Gasteiger partial charge is 0.338 e. The average Bonchev–Trinajstić information content (AvgIpc) is 3.18. The maximum atomic E-state index is 15.4. The van der Waals surface area contributed by atoms with Gasteiger partial charge in [-0.1, -0.05) is 99.6 Å². The molecule has 4 aliphatic rings. The zero-order chi connectivity index (χ0) is 40.4. The fourth-order valence-electron chi connectivity index (χ4n) is 10.5. The van der Waals surface area contributed by atoms with E-state index in [1.807, 2.05) is 51.1 Å². The summed E-state index contributed by atoms with van der Waals surface area (Å²) in [4.78, 5) is 55.9. The number of carbonyl (C=O) groups is 4. The molecule has 2 unspecified atom stereocenters. The van der Waals surface area contributed by atoms with Gasteiger partial charge in [-0.3, -0.25) is 14.4 Å². The normalized spacial score (nSPS) is 34.3. The van der Waals surface area contributed by atoms with Crippen molar-refractivity contribution in [1.82, 2.24) is 5.32 Å². The molecule has 296 valence electrons. The van der Waals surface area contributed by atoms with E-state index in [2.05, 4.69) is 5.32 Å². The minimum absolute atomic E-state index is 0.162. The molecule has 1 aliphatic heterocycles. The van der Waals surface area contributed by atoms with E-state index in [1.54, 1.807) is 74.5 Å². The summed E-state index contributed by atoms with van der Waals surface area (Å²) in [5.41, 5.74) is -3.13. The number of fused-ring (bicyclic) bond motifs is 5. The molecule has 1 saturated heterocycles. The summed E-state index contributed by atoms with van der Waals surface area (Å²) in [7, 11) is 0. The number of aliphatic hydroxyl groups excluding tert-OH is 2. The lowest BCUT2D eigenvalue weighted by Gasteiger charge is -2.69. The van der Waals surface area contributed by atoms with Crippen LogP contribution in [-0.2, 0) is 28.6 Å². The van der Waals surface area contributed by atoms with Gasteiger partial charge in [0, 0.05) is 42.1 Å². The van der Waals surface area contributed by atoms with Crippen molar-refractivity contribution < 1.29 is 48.7 Å². The van der Waals surface area contributed by atoms with E-state index in [0.29, 0.717) is 16.7 Å². The van der Waals surface area contributed by atoms with Crippen molar-refractivity contribution in [2.24, 2.45) is 22.2 Å². The summed E-state index contributed by atoms with van der Waals surface area (Å²) in [5.74, 6) is -4.39. The van der Waals surface area contributed by atoms with Crippen LogP contribution >= 0.6 is 0 Å². The lowest BCUT2D eigenvalue weighted by atomic mass is 9.39. The molecule has 2 saturated carbocycles. The third kappa shape index (κ3) is 6.11. The van der Waals surface area contributed by atoms with Crippen LogP contribution in [0.4, 0.5) is 0 Å². The molecule has 11 heteroatoms. The van der Waals surface area contributed by atoms with Gasteiger partial charge < -0.3 is 34.8 Å². The number of aliphatic hydroxyl groups is 3. The Morgan fingerprint density at radius 2 is 1.48 bits per heavy atom. The fourth-order valence-corrected chi connectivity index (χ4v) is 10.5. The summed E-state index contributed by atoms with van der Waals surface area (Å²) in [6, 6.07) is 25.1. The lowest BCUT2D eigenvalue weighted by molar-refractivity contribution is -0.294. The van der Waals surface area contributed by atoms with Crippen LogP contribution in [0.1, 0.15) is 87.8 Å². The molecule has 1 amide bonds. The Kier molecular flexibility index (Phi) is 10.1. The minimum atomic E-state index is -1.89. The van der Waals surface area contributed by atoms with Gasteiger partial charge in [0.1, 0.15) is 6.10 Å². The van der Waals surface area contributed by atoms with Gasteiger partial charge in [0.2, 0.25) is 0 Å². The maximum absolute atomic E-state index is 15.4. The second kappa shape index (κ2) is 14.4. The van der Waals surface area contributed by atoms with Crippen LogP contribution in [0, 0.1) is 22.2 Å². The van der Waals surface area contributed by atoms with Crippen LogP contribution < -0.4 is 5.32 Å². The Balaban J connectivity index is 1.36. The van der Waals surface area contributed by atoms with Crippen LogP contribution in [0.15, 0.2) is 102 Å². The van der Waals surface area contributed by atoms with Crippen LogP contribution in [0.25, 0.3) is 0 Å². The van der Waals surface area contributed by atoms with Crippen molar-refractivity contribution in [3.05, 3.63) is 119 Å². The van der Waals surface area contributed by atoms with E-state index >= 15 is 4.79 Å². The molecule has 56 heavy (non-hydrogen) atoms. The molecule has 3 aliphatic carbocycles. The van der Waals surface area contributed by atoms with Crippen LogP contribution in [0.2, 0.25) is 0 Å². The van der Waals surface area contributed by atoms with Gasteiger partial charge in [0.05, 0.1) is 35.9 Å². The number of amides is 1. The van der Waals surface area contributed by atoms with Gasteiger partial charge >= 0.3 is 11.9 Å². The fraction of sp³-hybridized carbons (Fsp3) is 0.467. The molecule has 0 spiro atoms. The molecule has 3 aromatic carbocycles. The summed E-state index contributed by atoms with van der Waals surface area (Å²) >= 11 is 0. The number of hydrogen-bond donors (Lipinski definition) is 4. The molecular formula is C45H51NO10. The van der Waals surface area contributed by atoms with Gasteiger partial charge in [0.15, 0.2) is 18.0 Å². The Hall–Kier alpha value is -4.68. The summed E-state index contributed by atoms with van der Waals surface area (Å²) in [5, 5.41) is 40.3. The number of ketones is 1. The standard InChI is InChI=1S/C45H51NO10/c1-25-30(56-41(52)36(49)35(28-18-12-8-13-19-28)46-40(51)29-20-14-9-15-21-29)23-45(53)34(27-16-10-7-11-17-27)38-43(5)24-54-32(43)22-31(48)44(38,6)39(50)37(55-26(2)47)33(25)42(45,3)4/h7-21,30-32,34-38,48-49,53H,22-24H2,1-6H3,(H,46,51)/t30-,31-,32+,34?,35-,36+,37+,38?,43+,44+,45+/m0/s1. The molecule has 0 aromatic heterocycles. The zero-order valence-corrected chi connectivity index (χ0v) is 32.6. The number of Topliss-reactive ketones (excluding diaryl/α,β-unsaturated/α-hetero) is 1. The summed E-state index contributed by atoms with van der Waals surface area (Å²) in [6.07, 6.45) is -6.21. The first kappa shape index (κ1) is 39.6. The highest BCUT2D eigenvalue weighted by Gasteiger charge is 2.74.